The van der Waals surface area contributed by atoms with Crippen LogP contribution >= 0.6 is 0 Å². The van der Waals surface area contributed by atoms with Crippen molar-refractivity contribution in [3.05, 3.63) is 48.3 Å². The fourth-order valence-electron chi connectivity index (χ4n) is 2.74. The van der Waals surface area contributed by atoms with Gasteiger partial charge in [0.1, 0.15) is 5.75 Å². The summed E-state index contributed by atoms with van der Waals surface area (Å²) in [7, 11) is 0. The third-order valence-electron chi connectivity index (χ3n) is 4.03. The summed E-state index contributed by atoms with van der Waals surface area (Å²) in [6.45, 7) is 2.70. The van der Waals surface area contributed by atoms with Crippen LogP contribution in [-0.2, 0) is 11.2 Å². The molecule has 2 heterocycles. The number of hydrogen-bond donors (Lipinski definition) is 2. The lowest BCUT2D eigenvalue weighted by Gasteiger charge is -2.36. The SMILES string of the molecule is Nc1ccc(CC(=O)N2CCN(c3ccccc3O)CC2)nc1. The summed E-state index contributed by atoms with van der Waals surface area (Å²) >= 11 is 0. The van der Waals surface area contributed by atoms with Crippen LogP contribution < -0.4 is 10.6 Å². The van der Waals surface area contributed by atoms with E-state index in [9.17, 15) is 9.90 Å². The standard InChI is InChI=1S/C17H20N4O2/c18-13-5-6-14(19-12-13)11-17(23)21-9-7-20(8-10-21)15-3-1-2-4-16(15)22/h1-6,12,22H,7-11,18H2. The topological polar surface area (TPSA) is 82.7 Å². The molecule has 3 rings (SSSR count). The van der Waals surface area contributed by atoms with Crippen molar-refractivity contribution in [1.29, 1.82) is 0 Å². The fourth-order valence-corrected chi connectivity index (χ4v) is 2.74. The minimum absolute atomic E-state index is 0.0687. The van der Waals surface area contributed by atoms with E-state index in [4.69, 9.17) is 5.73 Å². The number of phenols is 1. The molecule has 3 N–H and O–H groups in total. The van der Waals surface area contributed by atoms with Crippen molar-refractivity contribution in [3.8, 4) is 5.75 Å². The summed E-state index contributed by atoms with van der Waals surface area (Å²) in [5.74, 6) is 0.345. The number of nitrogens with two attached hydrogens (primary N) is 1. The number of rotatable bonds is 3. The number of carbonyl (C=O) groups is 1. The molecule has 1 aromatic heterocycles. The number of amides is 1. The van der Waals surface area contributed by atoms with Crippen molar-refractivity contribution >= 4 is 17.3 Å². The van der Waals surface area contributed by atoms with E-state index in [0.29, 0.717) is 31.9 Å². The highest BCUT2D eigenvalue weighted by molar-refractivity contribution is 5.78. The quantitative estimate of drug-likeness (QED) is 0.891. The smallest absolute Gasteiger partial charge is 0.228 e. The first-order valence-corrected chi connectivity index (χ1v) is 7.64. The van der Waals surface area contributed by atoms with E-state index in [0.717, 1.165) is 11.4 Å². The van der Waals surface area contributed by atoms with Gasteiger partial charge in [-0.2, -0.15) is 0 Å². The zero-order valence-corrected chi connectivity index (χ0v) is 12.9. The van der Waals surface area contributed by atoms with Gasteiger partial charge < -0.3 is 20.6 Å². The Kier molecular flexibility index (Phi) is 4.32. The molecule has 6 nitrogen and oxygen atoms in total. The Labute approximate surface area is 135 Å². The first-order valence-electron chi connectivity index (χ1n) is 7.64. The molecular weight excluding hydrogens is 292 g/mol. The molecule has 0 bridgehead atoms. The van der Waals surface area contributed by atoms with E-state index in [1.54, 1.807) is 30.5 Å². The van der Waals surface area contributed by atoms with Crippen LogP contribution in [0.25, 0.3) is 0 Å². The van der Waals surface area contributed by atoms with Crippen molar-refractivity contribution in [1.82, 2.24) is 9.88 Å². The lowest BCUT2D eigenvalue weighted by molar-refractivity contribution is -0.130. The van der Waals surface area contributed by atoms with Crippen molar-refractivity contribution in [2.45, 2.75) is 6.42 Å². The largest absolute Gasteiger partial charge is 0.506 e. The van der Waals surface area contributed by atoms with Gasteiger partial charge in [-0.05, 0) is 24.3 Å². The molecule has 1 aromatic carbocycles. The predicted octanol–water partition coefficient (Wildman–Crippen LogP) is 1.26. The van der Waals surface area contributed by atoms with E-state index in [1.807, 2.05) is 17.0 Å². The Morgan fingerprint density at radius 2 is 1.87 bits per heavy atom. The lowest BCUT2D eigenvalue weighted by Crippen LogP contribution is -2.49. The molecule has 6 heteroatoms. The number of para-hydroxylation sites is 2. The molecule has 0 unspecified atom stereocenters. The Bertz CT molecular complexity index is 679. The maximum Gasteiger partial charge on any atom is 0.228 e. The number of phenolic OH excluding ortho intramolecular Hbond substituents is 1. The lowest BCUT2D eigenvalue weighted by atomic mass is 10.2. The number of nitrogen functional groups attached to an aromatic ring is 1. The average molecular weight is 312 g/mol. The number of piperazine rings is 1. The zero-order chi connectivity index (χ0) is 16.2. The van der Waals surface area contributed by atoms with Gasteiger partial charge in [0.25, 0.3) is 0 Å². The van der Waals surface area contributed by atoms with Gasteiger partial charge in [-0.15, -0.1) is 0 Å². The Morgan fingerprint density at radius 3 is 2.52 bits per heavy atom. The van der Waals surface area contributed by atoms with Crippen LogP contribution in [0, 0.1) is 0 Å². The monoisotopic (exact) mass is 312 g/mol. The van der Waals surface area contributed by atoms with Crippen LogP contribution in [0.5, 0.6) is 5.75 Å². The molecule has 0 saturated carbocycles. The maximum absolute atomic E-state index is 12.3. The molecule has 0 spiro atoms. The molecule has 1 amide bonds. The molecule has 23 heavy (non-hydrogen) atoms. The summed E-state index contributed by atoms with van der Waals surface area (Å²) in [4.78, 5) is 20.5. The number of benzene rings is 1. The van der Waals surface area contributed by atoms with Gasteiger partial charge in [0.2, 0.25) is 5.91 Å². The van der Waals surface area contributed by atoms with E-state index in [-0.39, 0.29) is 18.1 Å². The number of pyridine rings is 1. The summed E-state index contributed by atoms with van der Waals surface area (Å²) in [6, 6.07) is 10.8. The second kappa shape index (κ2) is 6.56. The molecule has 0 atom stereocenters. The molecular formula is C17H20N4O2. The highest BCUT2D eigenvalue weighted by Crippen LogP contribution is 2.27. The number of hydrogen-bond acceptors (Lipinski definition) is 5. The van der Waals surface area contributed by atoms with E-state index < -0.39 is 0 Å². The highest BCUT2D eigenvalue weighted by atomic mass is 16.3. The number of carbonyl (C=O) groups excluding carboxylic acids is 1. The summed E-state index contributed by atoms with van der Waals surface area (Å²) < 4.78 is 0. The summed E-state index contributed by atoms with van der Waals surface area (Å²) in [5, 5.41) is 9.91. The van der Waals surface area contributed by atoms with E-state index >= 15 is 0 Å². The zero-order valence-electron chi connectivity index (χ0n) is 12.9. The van der Waals surface area contributed by atoms with Gasteiger partial charge in [-0.3, -0.25) is 9.78 Å². The number of nitrogens with zero attached hydrogens (tertiary/aromatic N) is 3. The Balaban J connectivity index is 1.57. The molecule has 0 aliphatic carbocycles. The molecule has 0 radical (unpaired) electrons. The molecule has 1 aliphatic rings. The number of anilines is 2. The van der Waals surface area contributed by atoms with Crippen LogP contribution in [0.4, 0.5) is 11.4 Å². The summed E-state index contributed by atoms with van der Waals surface area (Å²) in [5.41, 5.74) is 7.74. The second-order valence-corrected chi connectivity index (χ2v) is 5.62. The summed E-state index contributed by atoms with van der Waals surface area (Å²) in [6.07, 6.45) is 1.86. The highest BCUT2D eigenvalue weighted by Gasteiger charge is 2.22. The van der Waals surface area contributed by atoms with Crippen molar-refractivity contribution in [3.63, 3.8) is 0 Å². The van der Waals surface area contributed by atoms with Crippen molar-refractivity contribution < 1.29 is 9.90 Å². The van der Waals surface area contributed by atoms with Crippen LogP contribution in [0.3, 0.4) is 0 Å². The van der Waals surface area contributed by atoms with Gasteiger partial charge in [0, 0.05) is 31.9 Å². The third-order valence-corrected chi connectivity index (χ3v) is 4.03. The molecule has 1 fully saturated rings. The van der Waals surface area contributed by atoms with Crippen LogP contribution in [-0.4, -0.2) is 47.1 Å². The first kappa shape index (κ1) is 15.1. The number of aromatic hydroxyl groups is 1. The molecule has 1 aliphatic heterocycles. The van der Waals surface area contributed by atoms with Crippen LogP contribution in [0.15, 0.2) is 42.6 Å². The van der Waals surface area contributed by atoms with Gasteiger partial charge in [-0.1, -0.05) is 12.1 Å². The van der Waals surface area contributed by atoms with Gasteiger partial charge in [-0.25, -0.2) is 0 Å². The third kappa shape index (κ3) is 3.53. The maximum atomic E-state index is 12.3. The minimum atomic E-state index is 0.0687. The normalized spacial score (nSPS) is 14.8. The van der Waals surface area contributed by atoms with Crippen molar-refractivity contribution in [2.24, 2.45) is 0 Å². The van der Waals surface area contributed by atoms with Crippen LogP contribution in [0.2, 0.25) is 0 Å². The van der Waals surface area contributed by atoms with E-state index in [1.165, 1.54) is 0 Å². The van der Waals surface area contributed by atoms with E-state index in [2.05, 4.69) is 9.88 Å². The Hall–Kier alpha value is -2.76. The number of aromatic nitrogens is 1. The molecule has 120 valence electrons. The molecule has 2 aromatic rings. The van der Waals surface area contributed by atoms with Gasteiger partial charge >= 0.3 is 0 Å². The van der Waals surface area contributed by atoms with Crippen LogP contribution in [0.1, 0.15) is 5.69 Å². The average Bonchev–Trinajstić information content (AvgIpc) is 2.57. The molecule has 1 saturated heterocycles. The second-order valence-electron chi connectivity index (χ2n) is 5.62. The predicted molar refractivity (Wildman–Crippen MR) is 89.3 cm³/mol. The van der Waals surface area contributed by atoms with Crippen molar-refractivity contribution in [2.75, 3.05) is 36.8 Å². The minimum Gasteiger partial charge on any atom is -0.506 e. The Morgan fingerprint density at radius 1 is 1.13 bits per heavy atom. The van der Waals surface area contributed by atoms with Gasteiger partial charge in [0.05, 0.1) is 24.0 Å². The first-order chi connectivity index (χ1) is 11.1. The fraction of sp³-hybridized carbons (Fsp3) is 0.294. The van der Waals surface area contributed by atoms with Gasteiger partial charge in [0.15, 0.2) is 0 Å².